The van der Waals surface area contributed by atoms with Crippen LogP contribution in [0.25, 0.3) is 0 Å². The molecule has 1 aliphatic heterocycles. The van der Waals surface area contributed by atoms with Gasteiger partial charge in [-0.05, 0) is 38.4 Å². The summed E-state index contributed by atoms with van der Waals surface area (Å²) in [5, 5.41) is 3.39. The Kier molecular flexibility index (Phi) is 4.55. The summed E-state index contributed by atoms with van der Waals surface area (Å²) in [5.74, 6) is 0.393. The monoisotopic (exact) mass is 267 g/mol. The van der Waals surface area contributed by atoms with Gasteiger partial charge in [-0.25, -0.2) is 0 Å². The minimum Gasteiger partial charge on any atom is -0.352 e. The van der Waals surface area contributed by atoms with Gasteiger partial charge in [0.15, 0.2) is 0 Å². The van der Waals surface area contributed by atoms with Crippen LogP contribution >= 0.6 is 11.6 Å². The summed E-state index contributed by atoms with van der Waals surface area (Å²) < 4.78 is 0. The van der Waals surface area contributed by atoms with Gasteiger partial charge < -0.3 is 10.2 Å². The van der Waals surface area contributed by atoms with Crippen molar-refractivity contribution >= 4 is 17.5 Å². The van der Waals surface area contributed by atoms with Gasteiger partial charge in [0.2, 0.25) is 0 Å². The number of aromatic nitrogens is 1. The standard InChI is InChI=1S/C13H18ClN3O/c1-17-6-2-3-10(9-17)7-16-13(18)11-8-15-5-4-12(11)14/h4-5,8,10H,2-3,6-7,9H2,1H3,(H,16,18). The Morgan fingerprint density at radius 2 is 2.50 bits per heavy atom. The number of carbonyl (C=O) groups excluding carboxylic acids is 1. The fraction of sp³-hybridized carbons (Fsp3) is 0.538. The van der Waals surface area contributed by atoms with Crippen molar-refractivity contribution < 1.29 is 4.79 Å². The minimum atomic E-state index is -0.138. The molecule has 18 heavy (non-hydrogen) atoms. The fourth-order valence-electron chi connectivity index (χ4n) is 2.32. The summed E-state index contributed by atoms with van der Waals surface area (Å²) in [5.41, 5.74) is 0.448. The first-order valence-corrected chi connectivity index (χ1v) is 6.61. The Labute approximate surface area is 112 Å². The van der Waals surface area contributed by atoms with Gasteiger partial charge >= 0.3 is 0 Å². The van der Waals surface area contributed by atoms with Crippen LogP contribution in [0.4, 0.5) is 0 Å². The average molecular weight is 268 g/mol. The zero-order chi connectivity index (χ0) is 13.0. The molecule has 5 heteroatoms. The van der Waals surface area contributed by atoms with Gasteiger partial charge in [0.05, 0.1) is 10.6 Å². The van der Waals surface area contributed by atoms with E-state index in [9.17, 15) is 4.79 Å². The lowest BCUT2D eigenvalue weighted by atomic mass is 9.98. The highest BCUT2D eigenvalue weighted by molar-refractivity contribution is 6.33. The van der Waals surface area contributed by atoms with E-state index in [4.69, 9.17) is 11.6 Å². The molecule has 2 rings (SSSR count). The highest BCUT2D eigenvalue weighted by atomic mass is 35.5. The number of halogens is 1. The molecule has 1 aromatic rings. The quantitative estimate of drug-likeness (QED) is 0.908. The third-order valence-electron chi connectivity index (χ3n) is 3.29. The fourth-order valence-corrected chi connectivity index (χ4v) is 2.51. The minimum absolute atomic E-state index is 0.138. The second-order valence-corrected chi connectivity index (χ2v) is 5.24. The SMILES string of the molecule is CN1CCCC(CNC(=O)c2cnccc2Cl)C1. The van der Waals surface area contributed by atoms with Crippen molar-refractivity contribution in [1.29, 1.82) is 0 Å². The predicted octanol–water partition coefficient (Wildman–Crippen LogP) is 1.81. The van der Waals surface area contributed by atoms with Crippen molar-refractivity contribution in [2.45, 2.75) is 12.8 Å². The first-order chi connectivity index (χ1) is 8.66. The Hall–Kier alpha value is -1.13. The van der Waals surface area contributed by atoms with E-state index in [1.165, 1.54) is 19.0 Å². The van der Waals surface area contributed by atoms with Crippen molar-refractivity contribution in [3.8, 4) is 0 Å². The maximum absolute atomic E-state index is 11.9. The Bertz CT molecular complexity index is 424. The molecular weight excluding hydrogens is 250 g/mol. The number of carbonyl (C=O) groups is 1. The molecule has 0 spiro atoms. The highest BCUT2D eigenvalue weighted by Crippen LogP contribution is 2.16. The zero-order valence-electron chi connectivity index (χ0n) is 10.5. The number of amides is 1. The van der Waals surface area contributed by atoms with Crippen LogP contribution < -0.4 is 5.32 Å². The summed E-state index contributed by atoms with van der Waals surface area (Å²) >= 11 is 5.95. The third kappa shape index (κ3) is 3.43. The van der Waals surface area contributed by atoms with E-state index in [0.717, 1.165) is 13.1 Å². The van der Waals surface area contributed by atoms with Gasteiger partial charge in [0, 0.05) is 25.5 Å². The van der Waals surface area contributed by atoms with Crippen LogP contribution in [0, 0.1) is 5.92 Å². The van der Waals surface area contributed by atoms with Gasteiger partial charge in [-0.1, -0.05) is 11.6 Å². The van der Waals surface area contributed by atoms with E-state index < -0.39 is 0 Å². The summed E-state index contributed by atoms with van der Waals surface area (Å²) in [6.45, 7) is 2.90. The van der Waals surface area contributed by atoms with Gasteiger partial charge in [-0.3, -0.25) is 9.78 Å². The van der Waals surface area contributed by atoms with Gasteiger partial charge in [0.1, 0.15) is 0 Å². The van der Waals surface area contributed by atoms with Crippen molar-refractivity contribution in [2.75, 3.05) is 26.7 Å². The van der Waals surface area contributed by atoms with Gasteiger partial charge in [-0.2, -0.15) is 0 Å². The topological polar surface area (TPSA) is 45.2 Å². The van der Waals surface area contributed by atoms with E-state index in [1.807, 2.05) is 0 Å². The molecule has 0 aromatic carbocycles. The maximum atomic E-state index is 11.9. The molecule has 1 aliphatic rings. The van der Waals surface area contributed by atoms with Crippen LogP contribution in [-0.2, 0) is 0 Å². The van der Waals surface area contributed by atoms with E-state index in [0.29, 0.717) is 23.0 Å². The second-order valence-electron chi connectivity index (χ2n) is 4.84. The Morgan fingerprint density at radius 3 is 3.22 bits per heavy atom. The van der Waals surface area contributed by atoms with Crippen LogP contribution in [0.5, 0.6) is 0 Å². The largest absolute Gasteiger partial charge is 0.352 e. The number of nitrogens with one attached hydrogen (secondary N) is 1. The summed E-state index contributed by atoms with van der Waals surface area (Å²) in [6.07, 6.45) is 5.45. The highest BCUT2D eigenvalue weighted by Gasteiger charge is 2.18. The number of likely N-dealkylation sites (tertiary alicyclic amines) is 1. The lowest BCUT2D eigenvalue weighted by Gasteiger charge is -2.29. The van der Waals surface area contributed by atoms with E-state index in [2.05, 4.69) is 22.2 Å². The number of hydrogen-bond donors (Lipinski definition) is 1. The summed E-state index contributed by atoms with van der Waals surface area (Å²) in [7, 11) is 2.12. The Morgan fingerprint density at radius 1 is 1.67 bits per heavy atom. The first-order valence-electron chi connectivity index (χ1n) is 6.23. The molecule has 1 unspecified atom stereocenters. The van der Waals surface area contributed by atoms with Crippen molar-refractivity contribution in [3.05, 3.63) is 29.0 Å². The van der Waals surface area contributed by atoms with Gasteiger partial charge in [-0.15, -0.1) is 0 Å². The Balaban J connectivity index is 1.87. The van der Waals surface area contributed by atoms with E-state index in [1.54, 1.807) is 12.3 Å². The molecule has 1 amide bonds. The van der Waals surface area contributed by atoms with E-state index in [-0.39, 0.29) is 5.91 Å². The number of piperidine rings is 1. The lowest BCUT2D eigenvalue weighted by Crippen LogP contribution is -2.39. The number of nitrogens with zero attached hydrogens (tertiary/aromatic N) is 2. The van der Waals surface area contributed by atoms with Crippen LogP contribution in [0.15, 0.2) is 18.5 Å². The molecule has 0 saturated carbocycles. The van der Waals surface area contributed by atoms with Gasteiger partial charge in [0.25, 0.3) is 5.91 Å². The predicted molar refractivity (Wildman–Crippen MR) is 71.8 cm³/mol. The summed E-state index contributed by atoms with van der Waals surface area (Å²) in [6, 6.07) is 1.63. The molecule has 1 saturated heterocycles. The molecule has 0 radical (unpaired) electrons. The van der Waals surface area contributed by atoms with Crippen molar-refractivity contribution in [3.63, 3.8) is 0 Å². The molecular formula is C13H18ClN3O. The number of pyridine rings is 1. The molecule has 1 N–H and O–H groups in total. The van der Waals surface area contributed by atoms with Crippen LogP contribution in [0.1, 0.15) is 23.2 Å². The molecule has 98 valence electrons. The third-order valence-corrected chi connectivity index (χ3v) is 3.62. The molecule has 2 heterocycles. The van der Waals surface area contributed by atoms with Crippen molar-refractivity contribution in [1.82, 2.24) is 15.2 Å². The zero-order valence-corrected chi connectivity index (χ0v) is 11.3. The molecule has 1 atom stereocenters. The second kappa shape index (κ2) is 6.16. The molecule has 4 nitrogen and oxygen atoms in total. The first kappa shape index (κ1) is 13.3. The summed E-state index contributed by atoms with van der Waals surface area (Å²) in [4.78, 5) is 18.2. The number of hydrogen-bond acceptors (Lipinski definition) is 3. The molecule has 0 aliphatic carbocycles. The molecule has 0 bridgehead atoms. The van der Waals surface area contributed by atoms with Crippen LogP contribution in [-0.4, -0.2) is 42.5 Å². The van der Waals surface area contributed by atoms with Crippen LogP contribution in [0.2, 0.25) is 5.02 Å². The number of rotatable bonds is 3. The maximum Gasteiger partial charge on any atom is 0.254 e. The van der Waals surface area contributed by atoms with Crippen molar-refractivity contribution in [2.24, 2.45) is 5.92 Å². The van der Waals surface area contributed by atoms with Crippen LogP contribution in [0.3, 0.4) is 0 Å². The average Bonchev–Trinajstić information content (AvgIpc) is 2.37. The lowest BCUT2D eigenvalue weighted by molar-refractivity contribution is 0.0936. The molecule has 1 aromatic heterocycles. The normalized spacial score (nSPS) is 20.7. The van der Waals surface area contributed by atoms with E-state index >= 15 is 0 Å². The smallest absolute Gasteiger partial charge is 0.254 e. The molecule has 1 fully saturated rings.